The standard InChI is InChI=1S/C14H17N3O/c1-11-4-3-5-13(12(11)2)14(18)16-7-9-17-8-6-15-10-17/h3-6,8,10H,7,9H2,1-2H3,(H,16,18). The van der Waals surface area contributed by atoms with Gasteiger partial charge >= 0.3 is 0 Å². The smallest absolute Gasteiger partial charge is 0.251 e. The van der Waals surface area contributed by atoms with Crippen molar-refractivity contribution in [1.82, 2.24) is 14.9 Å². The number of aryl methyl sites for hydroxylation is 1. The molecule has 1 aromatic heterocycles. The van der Waals surface area contributed by atoms with E-state index in [2.05, 4.69) is 10.3 Å². The predicted molar refractivity (Wildman–Crippen MR) is 70.5 cm³/mol. The maximum atomic E-state index is 12.0. The molecule has 0 saturated heterocycles. The molecule has 0 spiro atoms. The molecule has 94 valence electrons. The number of aromatic nitrogens is 2. The number of imidazole rings is 1. The molecule has 1 amide bonds. The molecule has 0 atom stereocenters. The maximum absolute atomic E-state index is 12.0. The summed E-state index contributed by atoms with van der Waals surface area (Å²) < 4.78 is 1.93. The fourth-order valence-corrected chi connectivity index (χ4v) is 1.81. The van der Waals surface area contributed by atoms with E-state index in [1.807, 2.05) is 42.8 Å². The number of carbonyl (C=O) groups excluding carboxylic acids is 1. The third-order valence-electron chi connectivity index (χ3n) is 3.06. The average molecular weight is 243 g/mol. The van der Waals surface area contributed by atoms with Crippen LogP contribution in [-0.4, -0.2) is 22.0 Å². The number of nitrogens with zero attached hydrogens (tertiary/aromatic N) is 2. The molecule has 2 rings (SSSR count). The van der Waals surface area contributed by atoms with Gasteiger partial charge in [-0.1, -0.05) is 12.1 Å². The molecule has 4 nitrogen and oxygen atoms in total. The highest BCUT2D eigenvalue weighted by Crippen LogP contribution is 2.12. The summed E-state index contributed by atoms with van der Waals surface area (Å²) in [6, 6.07) is 5.78. The van der Waals surface area contributed by atoms with Crippen LogP contribution in [0.25, 0.3) is 0 Å². The van der Waals surface area contributed by atoms with E-state index < -0.39 is 0 Å². The number of carbonyl (C=O) groups is 1. The Morgan fingerprint density at radius 2 is 2.22 bits per heavy atom. The lowest BCUT2D eigenvalue weighted by Gasteiger charge is -2.09. The monoisotopic (exact) mass is 243 g/mol. The molecule has 0 fully saturated rings. The van der Waals surface area contributed by atoms with Crippen LogP contribution >= 0.6 is 0 Å². The first-order chi connectivity index (χ1) is 8.68. The number of nitrogens with one attached hydrogen (secondary N) is 1. The summed E-state index contributed by atoms with van der Waals surface area (Å²) >= 11 is 0. The topological polar surface area (TPSA) is 46.9 Å². The van der Waals surface area contributed by atoms with Gasteiger partial charge in [-0.3, -0.25) is 4.79 Å². The Morgan fingerprint density at radius 1 is 1.39 bits per heavy atom. The zero-order valence-corrected chi connectivity index (χ0v) is 10.7. The van der Waals surface area contributed by atoms with E-state index in [9.17, 15) is 4.79 Å². The number of rotatable bonds is 4. The van der Waals surface area contributed by atoms with Gasteiger partial charge < -0.3 is 9.88 Å². The predicted octanol–water partition coefficient (Wildman–Crippen LogP) is 1.93. The van der Waals surface area contributed by atoms with Gasteiger partial charge in [0.1, 0.15) is 0 Å². The maximum Gasteiger partial charge on any atom is 0.251 e. The fraction of sp³-hybridized carbons (Fsp3) is 0.286. The van der Waals surface area contributed by atoms with Crippen LogP contribution in [0.15, 0.2) is 36.9 Å². The number of hydrogen-bond acceptors (Lipinski definition) is 2. The summed E-state index contributed by atoms with van der Waals surface area (Å²) in [6.07, 6.45) is 5.35. The fourth-order valence-electron chi connectivity index (χ4n) is 1.81. The Kier molecular flexibility index (Phi) is 3.77. The second-order valence-corrected chi connectivity index (χ2v) is 4.30. The summed E-state index contributed by atoms with van der Waals surface area (Å²) in [5.41, 5.74) is 2.93. The second-order valence-electron chi connectivity index (χ2n) is 4.30. The normalized spacial score (nSPS) is 10.3. The lowest BCUT2D eigenvalue weighted by atomic mass is 10.0. The van der Waals surface area contributed by atoms with Crippen molar-refractivity contribution >= 4 is 5.91 Å². The third-order valence-corrected chi connectivity index (χ3v) is 3.06. The quantitative estimate of drug-likeness (QED) is 0.892. The van der Waals surface area contributed by atoms with Gasteiger partial charge in [0.25, 0.3) is 5.91 Å². The first-order valence-corrected chi connectivity index (χ1v) is 5.98. The molecule has 2 aromatic rings. The average Bonchev–Trinajstić information content (AvgIpc) is 2.85. The van der Waals surface area contributed by atoms with Crippen molar-refractivity contribution in [2.75, 3.05) is 6.54 Å². The minimum absolute atomic E-state index is 0.0173. The van der Waals surface area contributed by atoms with E-state index in [4.69, 9.17) is 0 Å². The van der Waals surface area contributed by atoms with Crippen molar-refractivity contribution in [1.29, 1.82) is 0 Å². The van der Waals surface area contributed by atoms with Crippen LogP contribution in [0.2, 0.25) is 0 Å². The molecule has 4 heteroatoms. The van der Waals surface area contributed by atoms with Crippen molar-refractivity contribution in [2.24, 2.45) is 0 Å². The van der Waals surface area contributed by atoms with Crippen LogP contribution in [0.4, 0.5) is 0 Å². The van der Waals surface area contributed by atoms with Gasteiger partial charge in [-0.25, -0.2) is 4.98 Å². The number of benzene rings is 1. The zero-order chi connectivity index (χ0) is 13.0. The highest BCUT2D eigenvalue weighted by Gasteiger charge is 2.08. The SMILES string of the molecule is Cc1cccc(C(=O)NCCn2ccnc2)c1C. The van der Waals surface area contributed by atoms with Crippen LogP contribution in [0, 0.1) is 13.8 Å². The number of amides is 1. The first-order valence-electron chi connectivity index (χ1n) is 5.98. The van der Waals surface area contributed by atoms with E-state index in [1.165, 1.54) is 0 Å². The van der Waals surface area contributed by atoms with E-state index in [0.29, 0.717) is 6.54 Å². The summed E-state index contributed by atoms with van der Waals surface area (Å²) in [7, 11) is 0. The molecule has 0 radical (unpaired) electrons. The summed E-state index contributed by atoms with van der Waals surface area (Å²) in [5.74, 6) is -0.0173. The largest absolute Gasteiger partial charge is 0.350 e. The minimum Gasteiger partial charge on any atom is -0.350 e. The summed E-state index contributed by atoms with van der Waals surface area (Å²) in [4.78, 5) is 16.0. The Balaban J connectivity index is 1.93. The second kappa shape index (κ2) is 5.49. The number of hydrogen-bond donors (Lipinski definition) is 1. The zero-order valence-electron chi connectivity index (χ0n) is 10.7. The molecule has 0 bridgehead atoms. The van der Waals surface area contributed by atoms with Crippen molar-refractivity contribution in [2.45, 2.75) is 20.4 Å². The molecule has 1 N–H and O–H groups in total. The van der Waals surface area contributed by atoms with Crippen molar-refractivity contribution in [3.05, 3.63) is 53.6 Å². The molecule has 18 heavy (non-hydrogen) atoms. The van der Waals surface area contributed by atoms with Crippen molar-refractivity contribution in [3.63, 3.8) is 0 Å². The van der Waals surface area contributed by atoms with Gasteiger partial charge in [-0.15, -0.1) is 0 Å². The van der Waals surface area contributed by atoms with E-state index >= 15 is 0 Å². The van der Waals surface area contributed by atoms with Gasteiger partial charge in [0, 0.05) is 31.0 Å². The molecule has 0 aliphatic heterocycles. The molecular weight excluding hydrogens is 226 g/mol. The Hall–Kier alpha value is -2.10. The van der Waals surface area contributed by atoms with Crippen LogP contribution in [-0.2, 0) is 6.54 Å². The third kappa shape index (κ3) is 2.77. The lowest BCUT2D eigenvalue weighted by molar-refractivity contribution is 0.0951. The molecule has 1 aromatic carbocycles. The van der Waals surface area contributed by atoms with E-state index in [-0.39, 0.29) is 5.91 Å². The van der Waals surface area contributed by atoms with E-state index in [0.717, 1.165) is 23.2 Å². The van der Waals surface area contributed by atoms with Crippen molar-refractivity contribution < 1.29 is 4.79 Å². The first kappa shape index (κ1) is 12.4. The molecular formula is C14H17N3O. The molecule has 0 saturated carbocycles. The van der Waals surface area contributed by atoms with Gasteiger partial charge in [-0.2, -0.15) is 0 Å². The minimum atomic E-state index is -0.0173. The van der Waals surface area contributed by atoms with Crippen LogP contribution in [0.5, 0.6) is 0 Å². The van der Waals surface area contributed by atoms with Crippen LogP contribution in [0.3, 0.4) is 0 Å². The molecule has 1 heterocycles. The van der Waals surface area contributed by atoms with Crippen LogP contribution < -0.4 is 5.32 Å². The molecule has 0 aliphatic carbocycles. The molecule has 0 aliphatic rings. The Morgan fingerprint density at radius 3 is 2.94 bits per heavy atom. The summed E-state index contributed by atoms with van der Waals surface area (Å²) in [5, 5.41) is 2.92. The Labute approximate surface area is 107 Å². The van der Waals surface area contributed by atoms with Gasteiger partial charge in [0.2, 0.25) is 0 Å². The van der Waals surface area contributed by atoms with E-state index in [1.54, 1.807) is 12.5 Å². The van der Waals surface area contributed by atoms with Gasteiger partial charge in [0.05, 0.1) is 6.33 Å². The van der Waals surface area contributed by atoms with Gasteiger partial charge in [0.15, 0.2) is 0 Å². The molecule has 0 unspecified atom stereocenters. The lowest BCUT2D eigenvalue weighted by Crippen LogP contribution is -2.27. The highest BCUT2D eigenvalue weighted by atomic mass is 16.1. The Bertz CT molecular complexity index is 532. The highest BCUT2D eigenvalue weighted by molar-refractivity contribution is 5.95. The van der Waals surface area contributed by atoms with Crippen LogP contribution in [0.1, 0.15) is 21.5 Å². The summed E-state index contributed by atoms with van der Waals surface area (Å²) in [6.45, 7) is 5.32. The van der Waals surface area contributed by atoms with Gasteiger partial charge in [-0.05, 0) is 31.0 Å². The van der Waals surface area contributed by atoms with Crippen molar-refractivity contribution in [3.8, 4) is 0 Å².